The summed E-state index contributed by atoms with van der Waals surface area (Å²) in [6.07, 6.45) is 4.86. The maximum absolute atomic E-state index is 13.4. The molecular formula is C25H28F3N3O3S. The van der Waals surface area contributed by atoms with E-state index >= 15 is 0 Å². The summed E-state index contributed by atoms with van der Waals surface area (Å²) in [4.78, 5) is 20.8. The monoisotopic (exact) mass is 507 g/mol. The van der Waals surface area contributed by atoms with Gasteiger partial charge in [-0.05, 0) is 57.2 Å². The largest absolute Gasteiger partial charge is 0.490 e. The first-order valence-corrected chi connectivity index (χ1v) is 12.2. The Morgan fingerprint density at radius 1 is 1.29 bits per heavy atom. The van der Waals surface area contributed by atoms with Gasteiger partial charge in [-0.2, -0.15) is 18.2 Å². The minimum Gasteiger partial charge on any atom is -0.490 e. The van der Waals surface area contributed by atoms with E-state index in [9.17, 15) is 18.0 Å². The molecule has 0 unspecified atom stereocenters. The van der Waals surface area contributed by atoms with E-state index in [1.54, 1.807) is 0 Å². The summed E-state index contributed by atoms with van der Waals surface area (Å²) in [5, 5.41) is 0. The summed E-state index contributed by atoms with van der Waals surface area (Å²) in [6, 6.07) is 2.82. The normalized spacial score (nSPS) is 20.6. The van der Waals surface area contributed by atoms with Crippen molar-refractivity contribution in [2.24, 2.45) is 4.99 Å². The van der Waals surface area contributed by atoms with E-state index in [-0.39, 0.29) is 30.1 Å². The number of carbonyl (C=O) groups is 1. The van der Waals surface area contributed by atoms with Crippen molar-refractivity contribution in [3.05, 3.63) is 69.1 Å². The van der Waals surface area contributed by atoms with Gasteiger partial charge in [0.2, 0.25) is 0 Å². The summed E-state index contributed by atoms with van der Waals surface area (Å²) in [7, 11) is 1.87. The van der Waals surface area contributed by atoms with E-state index in [0.29, 0.717) is 18.0 Å². The molecule has 0 N–H and O–H groups in total. The lowest BCUT2D eigenvalue weighted by Crippen LogP contribution is -2.32. The molecule has 2 aliphatic heterocycles. The van der Waals surface area contributed by atoms with Gasteiger partial charge < -0.3 is 18.9 Å². The molecule has 3 heterocycles. The van der Waals surface area contributed by atoms with Crippen molar-refractivity contribution in [2.75, 3.05) is 20.3 Å². The molecule has 0 saturated carbocycles. The molecule has 2 aromatic rings. The van der Waals surface area contributed by atoms with Crippen LogP contribution in [0.5, 0.6) is 5.75 Å². The number of hydrogen-bond donors (Lipinski definition) is 0. The van der Waals surface area contributed by atoms with E-state index < -0.39 is 17.6 Å². The van der Waals surface area contributed by atoms with Gasteiger partial charge in [0.1, 0.15) is 12.4 Å². The summed E-state index contributed by atoms with van der Waals surface area (Å²) in [6.45, 7) is 5.27. The summed E-state index contributed by atoms with van der Waals surface area (Å²) >= 11 is 1.33. The molecule has 1 fully saturated rings. The van der Waals surface area contributed by atoms with Gasteiger partial charge in [-0.15, -0.1) is 11.3 Å². The Labute approximate surface area is 206 Å². The number of likely N-dealkylation sites (N-methyl/N-ethyl adjacent to an activating group) is 1. The highest BCUT2D eigenvalue weighted by Crippen LogP contribution is 2.33. The first kappa shape index (κ1) is 25.2. The van der Waals surface area contributed by atoms with Gasteiger partial charge in [0.05, 0.1) is 29.8 Å². The van der Waals surface area contributed by atoms with Crippen LogP contribution in [0.15, 0.2) is 47.6 Å². The van der Waals surface area contributed by atoms with Crippen molar-refractivity contribution in [3.63, 3.8) is 0 Å². The molecule has 10 heteroatoms. The maximum atomic E-state index is 13.4. The molecule has 2 atom stereocenters. The van der Waals surface area contributed by atoms with Crippen LogP contribution in [0.1, 0.15) is 39.3 Å². The van der Waals surface area contributed by atoms with Crippen molar-refractivity contribution >= 4 is 17.2 Å². The van der Waals surface area contributed by atoms with E-state index in [4.69, 9.17) is 9.47 Å². The van der Waals surface area contributed by atoms with Crippen molar-refractivity contribution in [3.8, 4) is 5.75 Å². The fourth-order valence-corrected chi connectivity index (χ4v) is 4.99. The summed E-state index contributed by atoms with van der Waals surface area (Å²) < 4.78 is 53.8. The molecule has 188 valence electrons. The fraction of sp³-hybridized carbons (Fsp3) is 0.440. The second kappa shape index (κ2) is 10.4. The quantitative estimate of drug-likeness (QED) is 0.560. The Morgan fingerprint density at radius 3 is 2.77 bits per heavy atom. The van der Waals surface area contributed by atoms with Gasteiger partial charge in [0.15, 0.2) is 4.80 Å². The standard InChI is InChI=1S/C25H28F3N3O3S/c1-16-17(2)35-24(31(16)14-20-8-6-12-33-20)29-23(32)21-13-18(25(26,27)28)9-10-22(21)34-15-19-7-4-5-11-30(19)3/h4-5,7,9-11,13,19-20H,6,8,12,14-15H2,1-3H3/b29-24-/t19-,20+/m0/s1. The number of alkyl halides is 3. The van der Waals surface area contributed by atoms with Crippen LogP contribution >= 0.6 is 11.3 Å². The zero-order valence-corrected chi connectivity index (χ0v) is 20.7. The Hall–Kier alpha value is -2.85. The molecule has 0 bridgehead atoms. The van der Waals surface area contributed by atoms with Crippen molar-refractivity contribution in [1.82, 2.24) is 9.47 Å². The average molecular weight is 508 g/mol. The minimum absolute atomic E-state index is 0.0267. The Balaban J connectivity index is 1.67. The number of aryl methyl sites for hydroxylation is 1. The van der Waals surface area contributed by atoms with Crippen molar-refractivity contribution < 1.29 is 27.4 Å². The number of amides is 1. The number of ether oxygens (including phenoxy) is 2. The Kier molecular flexibility index (Phi) is 7.51. The summed E-state index contributed by atoms with van der Waals surface area (Å²) in [5.41, 5.74) is -0.185. The second-order valence-corrected chi connectivity index (χ2v) is 9.85. The fourth-order valence-electron chi connectivity index (χ4n) is 4.01. The smallest absolute Gasteiger partial charge is 0.416 e. The first-order valence-electron chi connectivity index (χ1n) is 11.4. The Bertz CT molecular complexity index is 1210. The van der Waals surface area contributed by atoms with Gasteiger partial charge in [0.25, 0.3) is 5.91 Å². The number of allylic oxidation sites excluding steroid dienone is 2. The molecule has 4 rings (SSSR count). The highest BCUT2D eigenvalue weighted by molar-refractivity contribution is 7.09. The number of hydrogen-bond acceptors (Lipinski definition) is 5. The number of halogens is 3. The number of aromatic nitrogens is 1. The molecule has 2 aliphatic rings. The predicted octanol–water partition coefficient (Wildman–Crippen LogP) is 4.87. The van der Waals surface area contributed by atoms with Crippen LogP contribution in [0.25, 0.3) is 0 Å². The lowest BCUT2D eigenvalue weighted by Gasteiger charge is -2.26. The van der Waals surface area contributed by atoms with Crippen LogP contribution in [-0.4, -0.2) is 47.8 Å². The molecule has 0 spiro atoms. The molecule has 1 saturated heterocycles. The zero-order valence-electron chi connectivity index (χ0n) is 19.8. The lowest BCUT2D eigenvalue weighted by molar-refractivity contribution is -0.137. The SMILES string of the molecule is Cc1s/c(=N\C(=O)c2cc(C(F)(F)F)ccc2OC[C@@H]2C=CC=CN2C)n(C[C@H]2CCCO2)c1C. The van der Waals surface area contributed by atoms with Crippen LogP contribution in [0.3, 0.4) is 0 Å². The number of nitrogens with zero attached hydrogens (tertiary/aromatic N) is 3. The molecule has 0 aliphatic carbocycles. The van der Waals surface area contributed by atoms with Crippen LogP contribution in [-0.2, 0) is 17.5 Å². The molecule has 35 heavy (non-hydrogen) atoms. The van der Waals surface area contributed by atoms with Gasteiger partial charge >= 0.3 is 6.18 Å². The van der Waals surface area contributed by atoms with Gasteiger partial charge in [-0.25, -0.2) is 0 Å². The highest BCUT2D eigenvalue weighted by atomic mass is 32.1. The third-order valence-electron chi connectivity index (χ3n) is 6.23. The zero-order chi connectivity index (χ0) is 25.2. The molecule has 1 aromatic heterocycles. The van der Waals surface area contributed by atoms with Gasteiger partial charge in [0, 0.05) is 24.2 Å². The minimum atomic E-state index is -4.60. The van der Waals surface area contributed by atoms with E-state index in [0.717, 1.165) is 35.5 Å². The third-order valence-corrected chi connectivity index (χ3v) is 7.33. The second-order valence-electron chi connectivity index (χ2n) is 8.67. The average Bonchev–Trinajstić information content (AvgIpc) is 3.42. The number of benzene rings is 1. The highest BCUT2D eigenvalue weighted by Gasteiger charge is 2.32. The lowest BCUT2D eigenvalue weighted by atomic mass is 10.1. The third kappa shape index (κ3) is 5.87. The predicted molar refractivity (Wildman–Crippen MR) is 127 cm³/mol. The van der Waals surface area contributed by atoms with E-state index in [1.807, 2.05) is 54.8 Å². The van der Waals surface area contributed by atoms with E-state index in [1.165, 1.54) is 17.4 Å². The summed E-state index contributed by atoms with van der Waals surface area (Å²) in [5.74, 6) is -0.709. The van der Waals surface area contributed by atoms with Gasteiger partial charge in [-0.3, -0.25) is 4.79 Å². The molecular weight excluding hydrogens is 479 g/mol. The maximum Gasteiger partial charge on any atom is 0.416 e. The molecule has 6 nitrogen and oxygen atoms in total. The van der Waals surface area contributed by atoms with Crippen LogP contribution in [0.2, 0.25) is 0 Å². The number of thiazole rings is 1. The Morgan fingerprint density at radius 2 is 2.09 bits per heavy atom. The van der Waals surface area contributed by atoms with Gasteiger partial charge in [-0.1, -0.05) is 12.2 Å². The molecule has 0 radical (unpaired) electrons. The first-order chi connectivity index (χ1) is 16.6. The topological polar surface area (TPSA) is 56.1 Å². The van der Waals surface area contributed by atoms with Crippen LogP contribution in [0.4, 0.5) is 13.2 Å². The number of rotatable bonds is 6. The van der Waals surface area contributed by atoms with Crippen LogP contribution in [0, 0.1) is 13.8 Å². The van der Waals surface area contributed by atoms with Crippen molar-refractivity contribution in [2.45, 2.75) is 51.6 Å². The molecule has 1 amide bonds. The van der Waals surface area contributed by atoms with Crippen LogP contribution < -0.4 is 9.54 Å². The van der Waals surface area contributed by atoms with Crippen molar-refractivity contribution in [1.29, 1.82) is 0 Å². The molecule has 1 aromatic carbocycles. The van der Waals surface area contributed by atoms with E-state index in [2.05, 4.69) is 4.99 Å². The number of carbonyl (C=O) groups excluding carboxylic acids is 1.